The van der Waals surface area contributed by atoms with Crippen LogP contribution in [0, 0.1) is 0 Å². The number of fused-ring (bicyclic) bond motifs is 1. The van der Waals surface area contributed by atoms with Gasteiger partial charge in [-0.1, -0.05) is 12.1 Å². The number of amides is 3. The van der Waals surface area contributed by atoms with Crippen LogP contribution >= 0.6 is 0 Å². The van der Waals surface area contributed by atoms with Gasteiger partial charge in [0.2, 0.25) is 11.8 Å². The lowest BCUT2D eigenvalue weighted by molar-refractivity contribution is -0.136. The summed E-state index contributed by atoms with van der Waals surface area (Å²) < 4.78 is 13.9. The standard InChI is InChI=1S/C19H23FN4O3/c20-14-9-21-6-5-15(14)22-8-11-1-2-12-10-24(19(27)13(12)7-11)16-3-4-17(25)23-18(16)26/h1-2,7,14-16,21-22H,3-6,8-10H2,(H,23,25,26). The van der Waals surface area contributed by atoms with E-state index in [4.69, 9.17) is 0 Å². The molecule has 27 heavy (non-hydrogen) atoms. The van der Waals surface area contributed by atoms with E-state index in [0.717, 1.165) is 24.1 Å². The minimum absolute atomic E-state index is 0.185. The Labute approximate surface area is 156 Å². The third kappa shape index (κ3) is 3.59. The molecule has 3 atom stereocenters. The van der Waals surface area contributed by atoms with Crippen LogP contribution < -0.4 is 16.0 Å². The fraction of sp³-hybridized carbons (Fsp3) is 0.526. The molecule has 1 aromatic rings. The molecule has 1 aromatic carbocycles. The molecule has 0 bridgehead atoms. The van der Waals surface area contributed by atoms with E-state index in [1.54, 1.807) is 0 Å². The predicted molar refractivity (Wildman–Crippen MR) is 95.5 cm³/mol. The Hall–Kier alpha value is -2.32. The summed E-state index contributed by atoms with van der Waals surface area (Å²) >= 11 is 0. The second-order valence-corrected chi connectivity index (χ2v) is 7.39. The molecule has 3 heterocycles. The van der Waals surface area contributed by atoms with E-state index in [9.17, 15) is 18.8 Å². The Morgan fingerprint density at radius 1 is 1.22 bits per heavy atom. The summed E-state index contributed by atoms with van der Waals surface area (Å²) in [5.41, 5.74) is 2.37. The SMILES string of the molecule is O=C1CCC(N2Cc3ccc(CNC4CCNCC4F)cc3C2=O)C(=O)N1. The van der Waals surface area contributed by atoms with Crippen molar-refractivity contribution in [2.45, 2.75) is 50.6 Å². The van der Waals surface area contributed by atoms with E-state index in [0.29, 0.717) is 31.6 Å². The third-order valence-corrected chi connectivity index (χ3v) is 5.57. The Kier molecular flexibility index (Phi) is 4.92. The molecular weight excluding hydrogens is 351 g/mol. The fourth-order valence-electron chi connectivity index (χ4n) is 4.01. The molecule has 7 nitrogen and oxygen atoms in total. The Bertz CT molecular complexity index is 784. The number of hydrogen-bond donors (Lipinski definition) is 3. The molecule has 2 fully saturated rings. The quantitative estimate of drug-likeness (QED) is 0.657. The van der Waals surface area contributed by atoms with Crippen molar-refractivity contribution in [1.29, 1.82) is 0 Å². The van der Waals surface area contributed by atoms with Crippen LogP contribution in [-0.4, -0.2) is 54.0 Å². The van der Waals surface area contributed by atoms with Crippen molar-refractivity contribution >= 4 is 17.7 Å². The highest BCUT2D eigenvalue weighted by Crippen LogP contribution is 2.28. The first kappa shape index (κ1) is 18.1. The van der Waals surface area contributed by atoms with Crippen molar-refractivity contribution in [3.63, 3.8) is 0 Å². The van der Waals surface area contributed by atoms with E-state index < -0.39 is 18.1 Å². The van der Waals surface area contributed by atoms with Crippen molar-refractivity contribution in [3.05, 3.63) is 34.9 Å². The number of hydrogen-bond acceptors (Lipinski definition) is 5. The molecule has 3 unspecified atom stereocenters. The number of nitrogens with zero attached hydrogens (tertiary/aromatic N) is 1. The van der Waals surface area contributed by atoms with Gasteiger partial charge in [-0.05, 0) is 36.6 Å². The number of carbonyl (C=O) groups excluding carboxylic acids is 3. The van der Waals surface area contributed by atoms with Crippen LogP contribution in [0.15, 0.2) is 18.2 Å². The van der Waals surface area contributed by atoms with Crippen molar-refractivity contribution in [2.75, 3.05) is 13.1 Å². The number of piperidine rings is 2. The van der Waals surface area contributed by atoms with Gasteiger partial charge < -0.3 is 15.5 Å². The largest absolute Gasteiger partial charge is 0.322 e. The second-order valence-electron chi connectivity index (χ2n) is 7.39. The molecule has 3 aliphatic rings. The van der Waals surface area contributed by atoms with Crippen molar-refractivity contribution in [2.24, 2.45) is 0 Å². The Balaban J connectivity index is 1.43. The molecule has 0 aromatic heterocycles. The highest BCUT2D eigenvalue weighted by Gasteiger charge is 2.39. The zero-order valence-corrected chi connectivity index (χ0v) is 15.0. The van der Waals surface area contributed by atoms with E-state index in [-0.39, 0.29) is 24.3 Å². The van der Waals surface area contributed by atoms with Gasteiger partial charge in [0, 0.05) is 37.7 Å². The number of carbonyl (C=O) groups is 3. The van der Waals surface area contributed by atoms with Crippen LogP contribution in [-0.2, 0) is 22.7 Å². The maximum atomic E-state index is 13.9. The average molecular weight is 374 g/mol. The van der Waals surface area contributed by atoms with E-state index in [1.807, 2.05) is 18.2 Å². The first-order valence-corrected chi connectivity index (χ1v) is 9.37. The van der Waals surface area contributed by atoms with Crippen LogP contribution in [0.4, 0.5) is 4.39 Å². The summed E-state index contributed by atoms with van der Waals surface area (Å²) in [6.45, 7) is 2.02. The van der Waals surface area contributed by atoms with Crippen LogP contribution in [0.1, 0.15) is 40.7 Å². The summed E-state index contributed by atoms with van der Waals surface area (Å²) in [6.07, 6.45) is 0.408. The van der Waals surface area contributed by atoms with Gasteiger partial charge >= 0.3 is 0 Å². The molecule has 3 N–H and O–H groups in total. The van der Waals surface area contributed by atoms with E-state index in [1.165, 1.54) is 4.90 Å². The molecule has 0 radical (unpaired) electrons. The molecule has 8 heteroatoms. The van der Waals surface area contributed by atoms with Gasteiger partial charge in [0.05, 0.1) is 0 Å². The lowest BCUT2D eigenvalue weighted by Gasteiger charge is -2.29. The van der Waals surface area contributed by atoms with Crippen LogP contribution in [0.3, 0.4) is 0 Å². The van der Waals surface area contributed by atoms with Gasteiger partial charge in [-0.3, -0.25) is 19.7 Å². The first-order valence-electron chi connectivity index (χ1n) is 9.37. The van der Waals surface area contributed by atoms with Crippen molar-refractivity contribution in [1.82, 2.24) is 20.9 Å². The van der Waals surface area contributed by atoms with E-state index in [2.05, 4.69) is 16.0 Å². The monoisotopic (exact) mass is 374 g/mol. The summed E-state index contributed by atoms with van der Waals surface area (Å²) in [5.74, 6) is -0.890. The van der Waals surface area contributed by atoms with Gasteiger partial charge in [0.1, 0.15) is 12.2 Å². The van der Waals surface area contributed by atoms with Crippen LogP contribution in [0.5, 0.6) is 0 Å². The molecule has 3 amide bonds. The lowest BCUT2D eigenvalue weighted by atomic mass is 10.0. The number of nitrogens with one attached hydrogen (secondary N) is 3. The zero-order chi connectivity index (χ0) is 19.0. The highest BCUT2D eigenvalue weighted by molar-refractivity contribution is 6.05. The van der Waals surface area contributed by atoms with Gasteiger partial charge in [0.25, 0.3) is 5.91 Å². The van der Waals surface area contributed by atoms with Crippen LogP contribution in [0.2, 0.25) is 0 Å². The predicted octanol–water partition coefficient (Wildman–Crippen LogP) is 0.237. The van der Waals surface area contributed by atoms with Crippen molar-refractivity contribution < 1.29 is 18.8 Å². The van der Waals surface area contributed by atoms with Crippen molar-refractivity contribution in [3.8, 4) is 0 Å². The smallest absolute Gasteiger partial charge is 0.255 e. The first-order chi connectivity index (χ1) is 13.0. The molecule has 0 spiro atoms. The molecule has 4 rings (SSSR count). The minimum atomic E-state index is -0.919. The number of halogens is 1. The number of benzene rings is 1. The Morgan fingerprint density at radius 2 is 2.07 bits per heavy atom. The molecule has 2 saturated heterocycles. The summed E-state index contributed by atoms with van der Waals surface area (Å²) in [5, 5.41) is 8.57. The summed E-state index contributed by atoms with van der Waals surface area (Å²) in [6, 6.07) is 4.86. The van der Waals surface area contributed by atoms with E-state index >= 15 is 0 Å². The minimum Gasteiger partial charge on any atom is -0.322 e. The highest BCUT2D eigenvalue weighted by atomic mass is 19.1. The van der Waals surface area contributed by atoms with Gasteiger partial charge in [-0.2, -0.15) is 0 Å². The topological polar surface area (TPSA) is 90.5 Å². The third-order valence-electron chi connectivity index (χ3n) is 5.57. The average Bonchev–Trinajstić information content (AvgIpc) is 2.97. The maximum absolute atomic E-state index is 13.9. The number of imide groups is 1. The summed E-state index contributed by atoms with van der Waals surface area (Å²) in [4.78, 5) is 37.8. The maximum Gasteiger partial charge on any atom is 0.255 e. The molecule has 0 saturated carbocycles. The normalized spacial score (nSPS) is 28.3. The molecule has 3 aliphatic heterocycles. The number of alkyl halides is 1. The molecule has 144 valence electrons. The molecule has 0 aliphatic carbocycles. The van der Waals surface area contributed by atoms with Gasteiger partial charge in [-0.25, -0.2) is 4.39 Å². The van der Waals surface area contributed by atoms with Gasteiger partial charge in [0.15, 0.2) is 0 Å². The van der Waals surface area contributed by atoms with Gasteiger partial charge in [-0.15, -0.1) is 0 Å². The second kappa shape index (κ2) is 7.36. The van der Waals surface area contributed by atoms with Crippen LogP contribution in [0.25, 0.3) is 0 Å². The number of rotatable bonds is 4. The zero-order valence-electron chi connectivity index (χ0n) is 15.0. The fourth-order valence-corrected chi connectivity index (χ4v) is 4.01. The summed E-state index contributed by atoms with van der Waals surface area (Å²) in [7, 11) is 0. The Morgan fingerprint density at radius 3 is 2.85 bits per heavy atom. The molecular formula is C19H23FN4O3. The lowest BCUT2D eigenvalue weighted by Crippen LogP contribution is -2.52.